The summed E-state index contributed by atoms with van der Waals surface area (Å²) in [5.74, 6) is -1.80. The van der Waals surface area contributed by atoms with Crippen LogP contribution in [0.5, 0.6) is 5.75 Å². The summed E-state index contributed by atoms with van der Waals surface area (Å²) in [6.07, 6.45) is 0.595. The molecule has 0 unspecified atom stereocenters. The van der Waals surface area contributed by atoms with E-state index >= 15 is 0 Å². The fourth-order valence-corrected chi connectivity index (χ4v) is 4.54. The first-order valence-electron chi connectivity index (χ1n) is 12.0. The van der Waals surface area contributed by atoms with Crippen molar-refractivity contribution < 1.29 is 28.6 Å². The summed E-state index contributed by atoms with van der Waals surface area (Å²) < 4.78 is 25.9. The van der Waals surface area contributed by atoms with Crippen LogP contribution >= 0.6 is 0 Å². The molecule has 1 amide bonds. The number of amides is 1. The van der Waals surface area contributed by atoms with Crippen molar-refractivity contribution in [3.05, 3.63) is 71.0 Å². The number of Topliss-reactive ketones (excluding diaryl/α,β-unsaturated/α-hetero) is 1. The van der Waals surface area contributed by atoms with E-state index in [1.165, 1.54) is 11.0 Å². The number of halogens is 1. The summed E-state index contributed by atoms with van der Waals surface area (Å²) in [6, 6.07) is 11.7. The Morgan fingerprint density at radius 2 is 1.77 bits per heavy atom. The molecule has 0 aromatic heterocycles. The van der Waals surface area contributed by atoms with Crippen LogP contribution in [0.15, 0.2) is 54.1 Å². The van der Waals surface area contributed by atoms with E-state index in [9.17, 15) is 19.1 Å². The highest BCUT2D eigenvalue weighted by molar-refractivity contribution is 6.46. The van der Waals surface area contributed by atoms with Gasteiger partial charge in [-0.25, -0.2) is 4.39 Å². The molecule has 2 saturated heterocycles. The average Bonchev–Trinajstić information content (AvgIpc) is 3.09. The van der Waals surface area contributed by atoms with E-state index in [0.717, 1.165) is 19.6 Å². The van der Waals surface area contributed by atoms with Gasteiger partial charge in [0.25, 0.3) is 11.7 Å². The van der Waals surface area contributed by atoms with Crippen LogP contribution in [0.3, 0.4) is 0 Å². The van der Waals surface area contributed by atoms with Crippen molar-refractivity contribution in [2.24, 2.45) is 0 Å². The van der Waals surface area contributed by atoms with Crippen molar-refractivity contribution >= 4 is 17.4 Å². The first-order chi connectivity index (χ1) is 16.9. The monoisotopic (exact) mass is 482 g/mol. The number of hydrogen-bond acceptors (Lipinski definition) is 6. The number of ether oxygens (including phenoxy) is 2. The van der Waals surface area contributed by atoms with Crippen molar-refractivity contribution in [2.45, 2.75) is 32.4 Å². The van der Waals surface area contributed by atoms with E-state index in [-0.39, 0.29) is 29.5 Å². The van der Waals surface area contributed by atoms with Crippen LogP contribution in [0.1, 0.15) is 37.4 Å². The second-order valence-electron chi connectivity index (χ2n) is 9.01. The highest BCUT2D eigenvalue weighted by Crippen LogP contribution is 2.40. The van der Waals surface area contributed by atoms with Crippen LogP contribution in [0.25, 0.3) is 5.76 Å². The summed E-state index contributed by atoms with van der Waals surface area (Å²) in [7, 11) is 0. The number of hydrogen-bond donors (Lipinski definition) is 1. The number of benzene rings is 2. The summed E-state index contributed by atoms with van der Waals surface area (Å²) in [5, 5.41) is 11.1. The SMILES string of the molecule is CC(C)Oc1ccc(/C(O)=C2\C(=O)C(=O)N(CCCN3CCOCC3)[C@H]2c2ccccc2F)cc1. The van der Waals surface area contributed by atoms with Gasteiger partial charge in [-0.05, 0) is 50.6 Å². The van der Waals surface area contributed by atoms with E-state index in [4.69, 9.17) is 9.47 Å². The van der Waals surface area contributed by atoms with Gasteiger partial charge in [-0.3, -0.25) is 14.5 Å². The topological polar surface area (TPSA) is 79.3 Å². The molecular weight excluding hydrogens is 451 g/mol. The predicted octanol–water partition coefficient (Wildman–Crippen LogP) is 3.76. The third-order valence-electron chi connectivity index (χ3n) is 6.22. The number of aliphatic hydroxyl groups excluding tert-OH is 1. The van der Waals surface area contributed by atoms with Gasteiger partial charge in [0.15, 0.2) is 0 Å². The molecule has 0 aliphatic carbocycles. The Morgan fingerprint density at radius 3 is 2.43 bits per heavy atom. The van der Waals surface area contributed by atoms with E-state index < -0.39 is 23.5 Å². The molecule has 2 aromatic rings. The van der Waals surface area contributed by atoms with Crippen LogP contribution in [0.2, 0.25) is 0 Å². The van der Waals surface area contributed by atoms with Gasteiger partial charge in [-0.1, -0.05) is 18.2 Å². The number of ketones is 1. The predicted molar refractivity (Wildman–Crippen MR) is 129 cm³/mol. The second kappa shape index (κ2) is 11.0. The number of carbonyl (C=O) groups excluding carboxylic acids is 2. The summed E-state index contributed by atoms with van der Waals surface area (Å²) in [5.41, 5.74) is 0.428. The van der Waals surface area contributed by atoms with E-state index in [2.05, 4.69) is 4.90 Å². The summed E-state index contributed by atoms with van der Waals surface area (Å²) in [4.78, 5) is 29.8. The minimum atomic E-state index is -1.01. The summed E-state index contributed by atoms with van der Waals surface area (Å²) >= 11 is 0. The molecule has 1 atom stereocenters. The van der Waals surface area contributed by atoms with Crippen molar-refractivity contribution in [2.75, 3.05) is 39.4 Å². The molecule has 8 heteroatoms. The fraction of sp³-hybridized carbons (Fsp3) is 0.407. The smallest absolute Gasteiger partial charge is 0.295 e. The Balaban J connectivity index is 1.66. The quantitative estimate of drug-likeness (QED) is 0.351. The van der Waals surface area contributed by atoms with Gasteiger partial charge in [0.1, 0.15) is 17.3 Å². The molecule has 0 saturated carbocycles. The lowest BCUT2D eigenvalue weighted by molar-refractivity contribution is -0.140. The largest absolute Gasteiger partial charge is 0.507 e. The molecule has 2 heterocycles. The molecule has 2 aromatic carbocycles. The molecule has 35 heavy (non-hydrogen) atoms. The van der Waals surface area contributed by atoms with Crippen LogP contribution in [-0.2, 0) is 14.3 Å². The van der Waals surface area contributed by atoms with Gasteiger partial charge in [0.05, 0.1) is 30.9 Å². The maximum atomic E-state index is 14.9. The number of morpholine rings is 1. The van der Waals surface area contributed by atoms with Crippen LogP contribution in [-0.4, -0.2) is 72.1 Å². The zero-order valence-electron chi connectivity index (χ0n) is 20.1. The van der Waals surface area contributed by atoms with Crippen LogP contribution < -0.4 is 4.74 Å². The number of carbonyl (C=O) groups is 2. The maximum Gasteiger partial charge on any atom is 0.295 e. The van der Waals surface area contributed by atoms with E-state index in [1.807, 2.05) is 13.8 Å². The average molecular weight is 483 g/mol. The normalized spacial score (nSPS) is 20.6. The van der Waals surface area contributed by atoms with Gasteiger partial charge in [0, 0.05) is 37.3 Å². The number of rotatable bonds is 8. The van der Waals surface area contributed by atoms with Crippen molar-refractivity contribution in [1.82, 2.24) is 9.80 Å². The standard InChI is InChI=1S/C27H31FN2O5/c1-18(2)35-20-10-8-19(9-11-20)25(31)23-24(21-6-3-4-7-22(21)28)30(27(33)26(23)32)13-5-12-29-14-16-34-17-15-29/h3-4,6-11,18,24,31H,5,12-17H2,1-2H3/b25-23+/t24-/m0/s1. The van der Waals surface area contributed by atoms with Gasteiger partial charge in [-0.15, -0.1) is 0 Å². The van der Waals surface area contributed by atoms with Crippen LogP contribution in [0.4, 0.5) is 4.39 Å². The van der Waals surface area contributed by atoms with Crippen molar-refractivity contribution in [1.29, 1.82) is 0 Å². The Hall–Kier alpha value is -3.23. The minimum absolute atomic E-state index is 0.0155. The van der Waals surface area contributed by atoms with Crippen LogP contribution in [0, 0.1) is 5.82 Å². The Labute approximate surface area is 204 Å². The van der Waals surface area contributed by atoms with Gasteiger partial charge >= 0.3 is 0 Å². The highest BCUT2D eigenvalue weighted by atomic mass is 19.1. The second-order valence-corrected chi connectivity index (χ2v) is 9.01. The maximum absolute atomic E-state index is 14.9. The molecule has 1 N–H and O–H groups in total. The molecule has 0 spiro atoms. The third-order valence-corrected chi connectivity index (χ3v) is 6.22. The zero-order chi connectivity index (χ0) is 24.9. The molecule has 4 rings (SSSR count). The Kier molecular flexibility index (Phi) is 7.83. The third kappa shape index (κ3) is 5.55. The summed E-state index contributed by atoms with van der Waals surface area (Å²) in [6.45, 7) is 7.76. The zero-order valence-corrected chi connectivity index (χ0v) is 20.1. The molecule has 2 aliphatic rings. The molecule has 0 bridgehead atoms. The minimum Gasteiger partial charge on any atom is -0.507 e. The number of aliphatic hydroxyl groups is 1. The number of nitrogens with zero attached hydrogens (tertiary/aromatic N) is 2. The lowest BCUT2D eigenvalue weighted by Gasteiger charge is -2.29. The molecule has 7 nitrogen and oxygen atoms in total. The number of likely N-dealkylation sites (tertiary alicyclic amines) is 1. The molecule has 186 valence electrons. The van der Waals surface area contributed by atoms with Gasteiger partial charge < -0.3 is 19.5 Å². The Morgan fingerprint density at radius 1 is 1.09 bits per heavy atom. The first-order valence-corrected chi connectivity index (χ1v) is 12.0. The fourth-order valence-electron chi connectivity index (χ4n) is 4.54. The molecular formula is C27H31FN2O5. The van der Waals surface area contributed by atoms with E-state index in [1.54, 1.807) is 42.5 Å². The Bertz CT molecular complexity index is 1090. The van der Waals surface area contributed by atoms with Gasteiger partial charge in [-0.2, -0.15) is 0 Å². The lowest BCUT2D eigenvalue weighted by Crippen LogP contribution is -2.39. The van der Waals surface area contributed by atoms with E-state index in [0.29, 0.717) is 30.9 Å². The van der Waals surface area contributed by atoms with Crippen molar-refractivity contribution in [3.63, 3.8) is 0 Å². The first kappa shape index (κ1) is 24.9. The van der Waals surface area contributed by atoms with Crippen molar-refractivity contribution in [3.8, 4) is 5.75 Å². The van der Waals surface area contributed by atoms with Gasteiger partial charge in [0.2, 0.25) is 0 Å². The highest BCUT2D eigenvalue weighted by Gasteiger charge is 2.46. The molecule has 2 aliphatic heterocycles. The molecule has 0 radical (unpaired) electrons. The molecule has 2 fully saturated rings. The lowest BCUT2D eigenvalue weighted by atomic mass is 9.95.